The van der Waals surface area contributed by atoms with Crippen LogP contribution >= 0.6 is 0 Å². The Labute approximate surface area is 119 Å². The van der Waals surface area contributed by atoms with Gasteiger partial charge in [0, 0.05) is 23.4 Å². The van der Waals surface area contributed by atoms with Crippen molar-refractivity contribution >= 4 is 0 Å². The van der Waals surface area contributed by atoms with Crippen LogP contribution in [-0.4, -0.2) is 24.3 Å². The maximum absolute atomic E-state index is 10.6. The van der Waals surface area contributed by atoms with Crippen molar-refractivity contribution in [2.45, 2.75) is 20.0 Å². The molecule has 4 nitrogen and oxygen atoms in total. The summed E-state index contributed by atoms with van der Waals surface area (Å²) in [7, 11) is 3.17. The van der Waals surface area contributed by atoms with E-state index in [2.05, 4.69) is 4.98 Å². The van der Waals surface area contributed by atoms with Crippen LogP contribution in [0.4, 0.5) is 0 Å². The zero-order chi connectivity index (χ0) is 14.7. The number of methoxy groups -OCH3 is 2. The second-order valence-corrected chi connectivity index (χ2v) is 4.73. The van der Waals surface area contributed by atoms with Gasteiger partial charge in [-0.2, -0.15) is 0 Å². The van der Waals surface area contributed by atoms with Crippen LogP contribution in [0.3, 0.4) is 0 Å². The molecule has 0 aliphatic rings. The lowest BCUT2D eigenvalue weighted by Gasteiger charge is -2.18. The Hall–Kier alpha value is -2.07. The number of rotatable bonds is 4. The second kappa shape index (κ2) is 5.92. The van der Waals surface area contributed by atoms with Crippen LogP contribution in [0.15, 0.2) is 30.5 Å². The summed E-state index contributed by atoms with van der Waals surface area (Å²) >= 11 is 0. The van der Waals surface area contributed by atoms with Crippen molar-refractivity contribution in [1.29, 1.82) is 0 Å². The minimum absolute atomic E-state index is 0.522. The topological polar surface area (TPSA) is 51.6 Å². The van der Waals surface area contributed by atoms with E-state index in [0.717, 1.165) is 16.7 Å². The third kappa shape index (κ3) is 2.75. The summed E-state index contributed by atoms with van der Waals surface area (Å²) in [6, 6.07) is 7.48. The summed E-state index contributed by atoms with van der Waals surface area (Å²) in [5.74, 6) is 1.21. The Morgan fingerprint density at radius 3 is 2.40 bits per heavy atom. The molecule has 1 heterocycles. The molecule has 0 aliphatic carbocycles. The highest BCUT2D eigenvalue weighted by Gasteiger charge is 2.19. The molecule has 1 aromatic carbocycles. The molecule has 0 bridgehead atoms. The number of pyridine rings is 1. The molecule has 20 heavy (non-hydrogen) atoms. The highest BCUT2D eigenvalue weighted by Crippen LogP contribution is 2.33. The largest absolute Gasteiger partial charge is 0.496 e. The molecule has 2 rings (SSSR count). The van der Waals surface area contributed by atoms with Gasteiger partial charge < -0.3 is 14.6 Å². The predicted octanol–water partition coefficient (Wildman–Crippen LogP) is 2.80. The maximum Gasteiger partial charge on any atom is 0.212 e. The van der Waals surface area contributed by atoms with Crippen LogP contribution in [0.5, 0.6) is 11.6 Å². The number of ether oxygens (including phenoxy) is 2. The molecule has 0 saturated heterocycles. The summed E-state index contributed by atoms with van der Waals surface area (Å²) in [4.78, 5) is 4.12. The van der Waals surface area contributed by atoms with E-state index >= 15 is 0 Å². The smallest absolute Gasteiger partial charge is 0.212 e. The zero-order valence-electron chi connectivity index (χ0n) is 12.2. The maximum atomic E-state index is 10.6. The van der Waals surface area contributed by atoms with E-state index in [9.17, 15) is 5.11 Å². The van der Waals surface area contributed by atoms with Gasteiger partial charge in [-0.05, 0) is 37.1 Å². The molecule has 0 amide bonds. The van der Waals surface area contributed by atoms with Crippen LogP contribution in [0.2, 0.25) is 0 Å². The molecule has 1 atom stereocenters. The summed E-state index contributed by atoms with van der Waals surface area (Å²) in [6.07, 6.45) is 0.839. The van der Waals surface area contributed by atoms with Crippen LogP contribution < -0.4 is 9.47 Å². The fraction of sp³-hybridized carbons (Fsp3) is 0.312. The number of aliphatic hydroxyl groups is 1. The molecule has 0 radical (unpaired) electrons. The van der Waals surface area contributed by atoms with Crippen molar-refractivity contribution in [3.8, 4) is 11.6 Å². The number of aromatic nitrogens is 1. The van der Waals surface area contributed by atoms with Gasteiger partial charge in [0.25, 0.3) is 0 Å². The normalized spacial score (nSPS) is 12.1. The van der Waals surface area contributed by atoms with Crippen LogP contribution in [-0.2, 0) is 0 Å². The average Bonchev–Trinajstić information content (AvgIpc) is 2.46. The molecule has 0 fully saturated rings. The first-order chi connectivity index (χ1) is 9.56. The fourth-order valence-corrected chi connectivity index (χ4v) is 2.30. The molecular formula is C16H19NO3. The average molecular weight is 273 g/mol. The predicted molar refractivity (Wildman–Crippen MR) is 77.3 cm³/mol. The van der Waals surface area contributed by atoms with Gasteiger partial charge in [0.15, 0.2) is 0 Å². The third-order valence-corrected chi connectivity index (χ3v) is 3.27. The molecule has 1 N–H and O–H groups in total. The van der Waals surface area contributed by atoms with Crippen molar-refractivity contribution in [1.82, 2.24) is 4.98 Å². The van der Waals surface area contributed by atoms with Crippen molar-refractivity contribution < 1.29 is 14.6 Å². The first kappa shape index (κ1) is 14.3. The molecule has 106 valence electrons. The number of hydrogen-bond acceptors (Lipinski definition) is 4. The standard InChI is InChI=1S/C16H19NO3/c1-10-7-11(2)15(13(8-10)19-3)16(18)12-5-6-14(20-4)17-9-12/h5-9,16,18H,1-4H3. The van der Waals surface area contributed by atoms with E-state index in [0.29, 0.717) is 17.2 Å². The summed E-state index contributed by atoms with van der Waals surface area (Å²) in [5, 5.41) is 10.6. The van der Waals surface area contributed by atoms with Gasteiger partial charge in [0.2, 0.25) is 5.88 Å². The SMILES string of the molecule is COc1ccc(C(O)c2c(C)cc(C)cc2OC)cn1. The van der Waals surface area contributed by atoms with E-state index in [1.165, 1.54) is 0 Å². The van der Waals surface area contributed by atoms with Crippen molar-refractivity contribution in [2.24, 2.45) is 0 Å². The van der Waals surface area contributed by atoms with E-state index in [1.807, 2.05) is 26.0 Å². The van der Waals surface area contributed by atoms with Gasteiger partial charge in [-0.1, -0.05) is 6.07 Å². The Kier molecular flexibility index (Phi) is 4.25. The first-order valence-corrected chi connectivity index (χ1v) is 6.40. The number of aliphatic hydroxyl groups excluding tert-OH is 1. The zero-order valence-corrected chi connectivity index (χ0v) is 12.2. The number of nitrogens with zero attached hydrogens (tertiary/aromatic N) is 1. The number of aryl methyl sites for hydroxylation is 2. The molecular weight excluding hydrogens is 254 g/mol. The molecule has 4 heteroatoms. The lowest BCUT2D eigenvalue weighted by molar-refractivity contribution is 0.213. The highest BCUT2D eigenvalue weighted by molar-refractivity contribution is 5.47. The third-order valence-electron chi connectivity index (χ3n) is 3.27. The lowest BCUT2D eigenvalue weighted by Crippen LogP contribution is -2.06. The van der Waals surface area contributed by atoms with Crippen molar-refractivity contribution in [3.63, 3.8) is 0 Å². The molecule has 1 unspecified atom stereocenters. The Bertz CT molecular complexity index is 593. The van der Waals surface area contributed by atoms with Gasteiger partial charge in [-0.3, -0.25) is 0 Å². The van der Waals surface area contributed by atoms with Gasteiger partial charge in [-0.15, -0.1) is 0 Å². The van der Waals surface area contributed by atoms with Crippen LogP contribution in [0.1, 0.15) is 28.4 Å². The van der Waals surface area contributed by atoms with Crippen molar-refractivity contribution in [3.05, 3.63) is 52.7 Å². The molecule has 1 aromatic heterocycles. The molecule has 0 spiro atoms. The Balaban J connectivity index is 2.44. The molecule has 2 aromatic rings. The van der Waals surface area contributed by atoms with Gasteiger partial charge >= 0.3 is 0 Å². The number of benzene rings is 1. The van der Waals surface area contributed by atoms with Gasteiger partial charge in [-0.25, -0.2) is 4.98 Å². The fourth-order valence-electron chi connectivity index (χ4n) is 2.30. The Morgan fingerprint density at radius 1 is 1.10 bits per heavy atom. The van der Waals surface area contributed by atoms with Gasteiger partial charge in [0.1, 0.15) is 11.9 Å². The first-order valence-electron chi connectivity index (χ1n) is 6.40. The summed E-state index contributed by atoms with van der Waals surface area (Å²) < 4.78 is 10.4. The monoisotopic (exact) mass is 273 g/mol. The minimum Gasteiger partial charge on any atom is -0.496 e. The quantitative estimate of drug-likeness (QED) is 0.930. The van der Waals surface area contributed by atoms with Crippen LogP contribution in [0, 0.1) is 13.8 Å². The molecule has 0 aliphatic heterocycles. The lowest BCUT2D eigenvalue weighted by atomic mass is 9.96. The van der Waals surface area contributed by atoms with E-state index in [1.54, 1.807) is 32.5 Å². The second-order valence-electron chi connectivity index (χ2n) is 4.73. The van der Waals surface area contributed by atoms with Crippen molar-refractivity contribution in [2.75, 3.05) is 14.2 Å². The summed E-state index contributed by atoms with van der Waals surface area (Å²) in [6.45, 7) is 3.96. The molecule has 0 saturated carbocycles. The summed E-state index contributed by atoms with van der Waals surface area (Å²) in [5.41, 5.74) is 3.56. The van der Waals surface area contributed by atoms with E-state index in [-0.39, 0.29) is 0 Å². The van der Waals surface area contributed by atoms with E-state index in [4.69, 9.17) is 9.47 Å². The van der Waals surface area contributed by atoms with E-state index < -0.39 is 6.10 Å². The Morgan fingerprint density at radius 2 is 1.85 bits per heavy atom. The van der Waals surface area contributed by atoms with Gasteiger partial charge in [0.05, 0.1) is 14.2 Å². The number of hydrogen-bond donors (Lipinski definition) is 1. The minimum atomic E-state index is -0.774. The van der Waals surface area contributed by atoms with Crippen LogP contribution in [0.25, 0.3) is 0 Å². The highest BCUT2D eigenvalue weighted by atomic mass is 16.5.